The summed E-state index contributed by atoms with van der Waals surface area (Å²) in [6.45, 7) is 13.8. The first-order chi connectivity index (χ1) is 27.1. The fraction of sp³-hybridized carbons (Fsp3) is 0.698. The number of benzene rings is 2. The molecule has 320 valence electrons. The van der Waals surface area contributed by atoms with Crippen LogP contribution in [0.3, 0.4) is 0 Å². The molecule has 0 fully saturated rings. The Balaban J connectivity index is 0.0000157. The molecule has 0 radical (unpaired) electrons. The molecular weight excluding hydrogens is 723 g/mol. The van der Waals surface area contributed by atoms with Gasteiger partial charge in [-0.05, 0) is 130 Å². The summed E-state index contributed by atoms with van der Waals surface area (Å²) in [7, 11) is 0. The molecule has 0 heterocycles. The normalized spacial score (nSPS) is 12.2. The maximum absolute atomic E-state index is 5.44. The van der Waals surface area contributed by atoms with Crippen LogP contribution < -0.4 is 0 Å². The second-order valence-electron chi connectivity index (χ2n) is 16.6. The molecule has 2 aromatic carbocycles. The first-order valence-corrected chi connectivity index (χ1v) is 24.2. The van der Waals surface area contributed by atoms with Gasteiger partial charge < -0.3 is 0 Å². The van der Waals surface area contributed by atoms with E-state index < -0.39 is 0 Å². The Morgan fingerprint density at radius 1 is 0.411 bits per heavy atom. The van der Waals surface area contributed by atoms with E-state index in [1.54, 1.807) is 0 Å². The molecule has 2 rings (SSSR count). The van der Waals surface area contributed by atoms with Crippen LogP contribution in [0.4, 0.5) is 11.4 Å². The van der Waals surface area contributed by atoms with Crippen molar-refractivity contribution in [3.63, 3.8) is 0 Å². The molecule has 3 heteroatoms. The van der Waals surface area contributed by atoms with E-state index in [-0.39, 0.29) is 16.5 Å². The Hall–Kier alpha value is -1.99. The minimum atomic E-state index is 0. The van der Waals surface area contributed by atoms with Gasteiger partial charge in [-0.2, -0.15) is 0 Å². The number of allylic oxidation sites excluding steroid dienone is 2. The molecule has 0 saturated heterocycles. The van der Waals surface area contributed by atoms with Crippen LogP contribution >= 0.6 is 0 Å². The van der Waals surface area contributed by atoms with E-state index in [4.69, 9.17) is 9.98 Å². The Morgan fingerprint density at radius 3 is 1.21 bits per heavy atom. The Bertz CT molecular complexity index is 1320. The second kappa shape index (κ2) is 36.1. The number of aryl methyl sites for hydroxylation is 4. The van der Waals surface area contributed by atoms with Gasteiger partial charge in [-0.1, -0.05) is 182 Å². The monoisotopic (exact) mass is 811 g/mol. The average Bonchev–Trinajstić information content (AvgIpc) is 3.20. The number of hydrogen-bond acceptors (Lipinski definition) is 2. The van der Waals surface area contributed by atoms with Gasteiger partial charge >= 0.3 is 0 Å². The van der Waals surface area contributed by atoms with Crippen LogP contribution in [0.1, 0.15) is 237 Å². The Kier molecular flexibility index (Phi) is 33.6. The van der Waals surface area contributed by atoms with Crippen LogP contribution in [-0.4, -0.2) is 11.4 Å². The molecule has 56 heavy (non-hydrogen) atoms. The number of aliphatic imine (C=N–C) groups is 2. The molecule has 2 aromatic rings. The van der Waals surface area contributed by atoms with E-state index in [1.807, 2.05) is 0 Å². The Morgan fingerprint density at radius 2 is 0.786 bits per heavy atom. The van der Waals surface area contributed by atoms with E-state index in [9.17, 15) is 0 Å². The fourth-order valence-corrected chi connectivity index (χ4v) is 7.69. The summed E-state index contributed by atoms with van der Waals surface area (Å²) in [6.07, 6.45) is 44.7. The number of hydrogen-bond donors (Lipinski definition) is 0. The van der Waals surface area contributed by atoms with Crippen LogP contribution in [0.5, 0.6) is 0 Å². The Labute approximate surface area is 359 Å². The van der Waals surface area contributed by atoms with Crippen LogP contribution in [0, 0.1) is 0 Å². The zero-order chi connectivity index (χ0) is 39.6. The molecule has 0 bridgehead atoms. The van der Waals surface area contributed by atoms with Gasteiger partial charge in [0.15, 0.2) is 0 Å². The van der Waals surface area contributed by atoms with Gasteiger partial charge in [-0.15, -0.1) is 0 Å². The van der Waals surface area contributed by atoms with Crippen molar-refractivity contribution in [1.29, 1.82) is 0 Å². The fourth-order valence-electron chi connectivity index (χ4n) is 7.69. The standard InChI is InChI=1S/C53H88N2.Ni/c1-7-13-19-20-21-22-23-24-25-26-27-28-29-30-31-32-33-39-53(55-51-43-41-47(35-15-9-3)49(45-51)37-17-11-5)52(38-18-12-6)54-50-42-40-46(34-14-8-2)48(44-50)36-16-10-4;/h33,39-45H,7-32,34-38H2,1-6H3;/b39-33+,54-52?,55-53?;. The third-order valence-electron chi connectivity index (χ3n) is 11.4. The largest absolute Gasteiger partial charge is 0.251 e. The van der Waals surface area contributed by atoms with E-state index in [0.29, 0.717) is 0 Å². The number of rotatable bonds is 35. The van der Waals surface area contributed by atoms with E-state index in [1.165, 1.54) is 183 Å². The molecule has 0 atom stereocenters. The molecule has 0 aliphatic rings. The van der Waals surface area contributed by atoms with Crippen molar-refractivity contribution in [2.45, 2.75) is 241 Å². The van der Waals surface area contributed by atoms with Crippen molar-refractivity contribution in [1.82, 2.24) is 0 Å². The van der Waals surface area contributed by atoms with Crippen LogP contribution in [0.25, 0.3) is 0 Å². The molecule has 0 saturated carbocycles. The summed E-state index contributed by atoms with van der Waals surface area (Å²) in [5, 5.41) is 0. The van der Waals surface area contributed by atoms with Crippen molar-refractivity contribution in [3.05, 3.63) is 70.8 Å². The smallest absolute Gasteiger partial charge is 0.0848 e. The van der Waals surface area contributed by atoms with Crippen molar-refractivity contribution < 1.29 is 16.5 Å². The van der Waals surface area contributed by atoms with Gasteiger partial charge in [0.25, 0.3) is 0 Å². The number of unbranched alkanes of at least 4 members (excludes halogenated alkanes) is 20. The minimum Gasteiger partial charge on any atom is -0.251 e. The summed E-state index contributed by atoms with van der Waals surface area (Å²) in [5.74, 6) is 0. The molecular formula is C53H88N2Ni. The van der Waals surface area contributed by atoms with Gasteiger partial charge in [-0.3, -0.25) is 4.99 Å². The first-order valence-electron chi connectivity index (χ1n) is 24.2. The van der Waals surface area contributed by atoms with Crippen LogP contribution in [-0.2, 0) is 42.2 Å². The molecule has 0 spiro atoms. The molecule has 0 aliphatic heterocycles. The van der Waals surface area contributed by atoms with Crippen molar-refractivity contribution >= 4 is 22.8 Å². The molecule has 0 N–H and O–H groups in total. The average molecular weight is 812 g/mol. The summed E-state index contributed by atoms with van der Waals surface area (Å²) < 4.78 is 0. The summed E-state index contributed by atoms with van der Waals surface area (Å²) in [4.78, 5) is 10.9. The summed E-state index contributed by atoms with van der Waals surface area (Å²) in [5.41, 5.74) is 10.4. The number of nitrogens with zero attached hydrogens (tertiary/aromatic N) is 2. The van der Waals surface area contributed by atoms with Gasteiger partial charge in [0.2, 0.25) is 0 Å². The van der Waals surface area contributed by atoms with Gasteiger partial charge in [0.05, 0.1) is 22.8 Å². The zero-order valence-corrected chi connectivity index (χ0v) is 38.7. The molecule has 0 unspecified atom stereocenters. The molecule has 0 aliphatic carbocycles. The van der Waals surface area contributed by atoms with Crippen LogP contribution in [0.15, 0.2) is 58.5 Å². The SMILES string of the molecule is CCCCCCCCCCCCCCCCC/C=C/C(=Nc1ccc(CCCC)c(CCCC)c1)C(CCCC)=Nc1ccc(CCCC)c(CCCC)c1.[Ni]. The molecule has 0 aromatic heterocycles. The minimum absolute atomic E-state index is 0. The molecule has 2 nitrogen and oxygen atoms in total. The van der Waals surface area contributed by atoms with Crippen LogP contribution in [0.2, 0.25) is 0 Å². The van der Waals surface area contributed by atoms with E-state index >= 15 is 0 Å². The summed E-state index contributed by atoms with van der Waals surface area (Å²) >= 11 is 0. The van der Waals surface area contributed by atoms with E-state index in [2.05, 4.69) is 90.1 Å². The van der Waals surface area contributed by atoms with E-state index in [0.717, 1.165) is 61.3 Å². The molecule has 0 amide bonds. The zero-order valence-electron chi connectivity index (χ0n) is 37.7. The second-order valence-corrected chi connectivity index (χ2v) is 16.6. The van der Waals surface area contributed by atoms with Gasteiger partial charge in [0.1, 0.15) is 0 Å². The van der Waals surface area contributed by atoms with Gasteiger partial charge in [-0.25, -0.2) is 4.99 Å². The van der Waals surface area contributed by atoms with Crippen molar-refractivity contribution in [2.24, 2.45) is 9.98 Å². The maximum atomic E-state index is 5.44. The summed E-state index contributed by atoms with van der Waals surface area (Å²) in [6, 6.07) is 14.1. The van der Waals surface area contributed by atoms with Gasteiger partial charge in [0, 0.05) is 16.5 Å². The van der Waals surface area contributed by atoms with Crippen molar-refractivity contribution in [2.75, 3.05) is 0 Å². The predicted molar refractivity (Wildman–Crippen MR) is 250 cm³/mol. The maximum Gasteiger partial charge on any atom is 0.0848 e. The van der Waals surface area contributed by atoms with Crippen molar-refractivity contribution in [3.8, 4) is 0 Å². The first kappa shape index (κ1) is 52.0. The third-order valence-corrected chi connectivity index (χ3v) is 11.4. The topological polar surface area (TPSA) is 24.7 Å². The third kappa shape index (κ3) is 24.1. The quantitative estimate of drug-likeness (QED) is 0.0376. The predicted octanol–water partition coefficient (Wildman–Crippen LogP) is 17.9.